The van der Waals surface area contributed by atoms with Crippen LogP contribution in [0.3, 0.4) is 0 Å². The Bertz CT molecular complexity index is 140. The molecule has 0 heterocycles. The van der Waals surface area contributed by atoms with Crippen LogP contribution in [0.5, 0.6) is 0 Å². The largest absolute Gasteiger partial charge is 0.456 e. The van der Waals surface area contributed by atoms with Crippen molar-refractivity contribution >= 4 is 5.97 Å². The van der Waals surface area contributed by atoms with Gasteiger partial charge in [-0.1, -0.05) is 6.58 Å². The Kier molecular flexibility index (Phi) is 3.72. The van der Waals surface area contributed by atoms with Gasteiger partial charge in [-0.05, 0) is 12.5 Å². The van der Waals surface area contributed by atoms with Crippen LogP contribution in [-0.2, 0) is 9.53 Å². The van der Waals surface area contributed by atoms with E-state index in [0.717, 1.165) is 0 Å². The van der Waals surface area contributed by atoms with Crippen LogP contribution in [0.4, 0.5) is 0 Å². The van der Waals surface area contributed by atoms with Crippen LogP contribution >= 0.6 is 0 Å². The number of esters is 1. The molecular weight excluding hydrogens is 132 g/mol. The molecule has 58 valence electrons. The lowest BCUT2D eigenvalue weighted by molar-refractivity contribution is -0.146. The number of hydrogen-bond acceptors (Lipinski definition) is 3. The molecule has 0 rings (SSSR count). The first-order valence-electron chi connectivity index (χ1n) is 3.01. The smallest absolute Gasteiger partial charge is 0.303 e. The summed E-state index contributed by atoms with van der Waals surface area (Å²) in [5, 5.41) is 8.61. The van der Waals surface area contributed by atoms with Gasteiger partial charge in [0.2, 0.25) is 0 Å². The fourth-order valence-electron chi connectivity index (χ4n) is 0.494. The average Bonchev–Trinajstić information content (AvgIpc) is 1.81. The summed E-state index contributed by atoms with van der Waals surface area (Å²) < 4.78 is 4.67. The third-order valence-electron chi connectivity index (χ3n) is 1.02. The van der Waals surface area contributed by atoms with Crippen LogP contribution in [-0.4, -0.2) is 23.8 Å². The van der Waals surface area contributed by atoms with Gasteiger partial charge in [-0.25, -0.2) is 0 Å². The zero-order chi connectivity index (χ0) is 8.15. The minimum Gasteiger partial charge on any atom is -0.456 e. The number of hydrogen-bond donors (Lipinski definition) is 1. The third-order valence-corrected chi connectivity index (χ3v) is 1.02. The molecule has 3 heteroatoms. The van der Waals surface area contributed by atoms with Gasteiger partial charge in [0.15, 0.2) is 0 Å². The predicted molar refractivity (Wildman–Crippen MR) is 37.5 cm³/mol. The van der Waals surface area contributed by atoms with E-state index < -0.39 is 12.1 Å². The molecule has 0 bridgehead atoms. The molecule has 1 N–H and O–H groups in total. The van der Waals surface area contributed by atoms with Gasteiger partial charge in [0, 0.05) is 6.92 Å². The minimum atomic E-state index is -0.544. The van der Waals surface area contributed by atoms with Gasteiger partial charge in [0.25, 0.3) is 0 Å². The van der Waals surface area contributed by atoms with E-state index in [4.69, 9.17) is 5.11 Å². The summed E-state index contributed by atoms with van der Waals surface area (Å²) in [6.07, 6.45) is -0.544. The fraction of sp³-hybridized carbons (Fsp3) is 0.571. The van der Waals surface area contributed by atoms with Crippen molar-refractivity contribution in [3.8, 4) is 0 Å². The Labute approximate surface area is 60.3 Å². The van der Waals surface area contributed by atoms with Gasteiger partial charge in [-0.3, -0.25) is 4.79 Å². The highest BCUT2D eigenvalue weighted by molar-refractivity contribution is 5.66. The summed E-state index contributed by atoms with van der Waals surface area (Å²) in [7, 11) is 0. The first-order chi connectivity index (χ1) is 4.57. The SMILES string of the molecule is C=C(C)C(CO)OC(C)=O. The molecule has 0 radical (unpaired) electrons. The molecule has 0 aliphatic rings. The summed E-state index contributed by atoms with van der Waals surface area (Å²) in [6, 6.07) is 0. The highest BCUT2D eigenvalue weighted by Crippen LogP contribution is 2.02. The topological polar surface area (TPSA) is 46.5 Å². The van der Waals surface area contributed by atoms with E-state index in [1.165, 1.54) is 6.92 Å². The molecule has 0 saturated heterocycles. The molecule has 0 aromatic heterocycles. The van der Waals surface area contributed by atoms with Gasteiger partial charge in [0.05, 0.1) is 6.61 Å². The molecule has 0 amide bonds. The van der Waals surface area contributed by atoms with Crippen LogP contribution in [0, 0.1) is 0 Å². The fourth-order valence-corrected chi connectivity index (χ4v) is 0.494. The van der Waals surface area contributed by atoms with E-state index >= 15 is 0 Å². The molecule has 1 atom stereocenters. The van der Waals surface area contributed by atoms with Crippen molar-refractivity contribution in [2.45, 2.75) is 20.0 Å². The van der Waals surface area contributed by atoms with Crippen molar-refractivity contribution < 1.29 is 14.6 Å². The van der Waals surface area contributed by atoms with Gasteiger partial charge in [-0.2, -0.15) is 0 Å². The quantitative estimate of drug-likeness (QED) is 0.463. The Morgan fingerprint density at radius 3 is 2.30 bits per heavy atom. The van der Waals surface area contributed by atoms with E-state index in [1.54, 1.807) is 6.92 Å². The highest BCUT2D eigenvalue weighted by atomic mass is 16.5. The first-order valence-corrected chi connectivity index (χ1v) is 3.01. The van der Waals surface area contributed by atoms with Crippen molar-refractivity contribution in [2.24, 2.45) is 0 Å². The number of carbonyl (C=O) groups is 1. The van der Waals surface area contributed by atoms with Crippen LogP contribution in [0.15, 0.2) is 12.2 Å². The van der Waals surface area contributed by atoms with Crippen LogP contribution in [0.25, 0.3) is 0 Å². The van der Waals surface area contributed by atoms with Crippen molar-refractivity contribution in [1.29, 1.82) is 0 Å². The second kappa shape index (κ2) is 4.06. The van der Waals surface area contributed by atoms with E-state index in [2.05, 4.69) is 11.3 Å². The minimum absolute atomic E-state index is 0.199. The molecule has 0 aliphatic heterocycles. The van der Waals surface area contributed by atoms with Crippen molar-refractivity contribution in [3.05, 3.63) is 12.2 Å². The summed E-state index contributed by atoms with van der Waals surface area (Å²) in [4.78, 5) is 10.3. The van der Waals surface area contributed by atoms with Gasteiger partial charge in [-0.15, -0.1) is 0 Å². The predicted octanol–water partition coefficient (Wildman–Crippen LogP) is 0.486. The standard InChI is InChI=1S/C7H12O3/c1-5(2)7(4-8)10-6(3)9/h7-8H,1,4H2,2-3H3. The normalized spacial score (nSPS) is 12.3. The lowest BCUT2D eigenvalue weighted by atomic mass is 10.2. The summed E-state index contributed by atoms with van der Waals surface area (Å²) >= 11 is 0. The van der Waals surface area contributed by atoms with Crippen LogP contribution < -0.4 is 0 Å². The Balaban J connectivity index is 3.83. The maximum atomic E-state index is 10.3. The summed E-state index contributed by atoms with van der Waals surface area (Å²) in [5.41, 5.74) is 0.651. The molecule has 0 aliphatic carbocycles. The molecule has 0 aromatic rings. The molecule has 1 unspecified atom stereocenters. The Morgan fingerprint density at radius 2 is 2.20 bits per heavy atom. The van der Waals surface area contributed by atoms with Gasteiger partial charge >= 0.3 is 5.97 Å². The van der Waals surface area contributed by atoms with Crippen molar-refractivity contribution in [2.75, 3.05) is 6.61 Å². The van der Waals surface area contributed by atoms with E-state index in [-0.39, 0.29) is 6.61 Å². The average molecular weight is 144 g/mol. The number of rotatable bonds is 3. The number of carbonyl (C=O) groups excluding carboxylic acids is 1. The number of aliphatic hydroxyl groups excluding tert-OH is 1. The molecule has 0 fully saturated rings. The van der Waals surface area contributed by atoms with Crippen LogP contribution in [0.2, 0.25) is 0 Å². The van der Waals surface area contributed by atoms with E-state index in [9.17, 15) is 4.79 Å². The van der Waals surface area contributed by atoms with Gasteiger partial charge < -0.3 is 9.84 Å². The molecule has 0 spiro atoms. The van der Waals surface area contributed by atoms with E-state index in [1.807, 2.05) is 0 Å². The first kappa shape index (κ1) is 9.17. The zero-order valence-electron chi connectivity index (χ0n) is 6.26. The molecular formula is C7H12O3. The molecule has 0 saturated carbocycles. The maximum absolute atomic E-state index is 10.3. The molecule has 10 heavy (non-hydrogen) atoms. The van der Waals surface area contributed by atoms with Crippen molar-refractivity contribution in [3.63, 3.8) is 0 Å². The maximum Gasteiger partial charge on any atom is 0.303 e. The van der Waals surface area contributed by atoms with Gasteiger partial charge in [0.1, 0.15) is 6.10 Å². The summed E-state index contributed by atoms with van der Waals surface area (Å²) in [6.45, 7) is 6.34. The van der Waals surface area contributed by atoms with Crippen LogP contribution in [0.1, 0.15) is 13.8 Å². The third kappa shape index (κ3) is 3.25. The second-order valence-corrected chi connectivity index (χ2v) is 2.13. The monoisotopic (exact) mass is 144 g/mol. The zero-order valence-corrected chi connectivity index (χ0v) is 6.26. The highest BCUT2D eigenvalue weighted by Gasteiger charge is 2.09. The number of ether oxygens (including phenoxy) is 1. The lowest BCUT2D eigenvalue weighted by Crippen LogP contribution is -2.20. The molecule has 3 nitrogen and oxygen atoms in total. The summed E-state index contributed by atoms with van der Waals surface area (Å²) in [5.74, 6) is -0.401. The Morgan fingerprint density at radius 1 is 1.70 bits per heavy atom. The Hall–Kier alpha value is -0.830. The number of aliphatic hydroxyl groups is 1. The lowest BCUT2D eigenvalue weighted by Gasteiger charge is -2.12. The molecule has 0 aromatic carbocycles. The van der Waals surface area contributed by atoms with Crippen molar-refractivity contribution in [1.82, 2.24) is 0 Å². The van der Waals surface area contributed by atoms with E-state index in [0.29, 0.717) is 5.57 Å². The second-order valence-electron chi connectivity index (χ2n) is 2.13.